The highest BCUT2D eigenvalue weighted by molar-refractivity contribution is 6.29. The zero-order valence-corrected chi connectivity index (χ0v) is 12.6. The van der Waals surface area contributed by atoms with Crippen LogP contribution in [0.5, 0.6) is 0 Å². The summed E-state index contributed by atoms with van der Waals surface area (Å²) in [6.07, 6.45) is 1.71. The number of fused-ring (bicyclic) bond motifs is 1. The molecule has 0 aliphatic carbocycles. The fourth-order valence-corrected chi connectivity index (χ4v) is 2.29. The van der Waals surface area contributed by atoms with E-state index in [-0.39, 0.29) is 6.03 Å². The SMILES string of the molecule is CNC(=O)Nc1nc2ccccc2n1Cc1ccc(Cl)nc1. The first-order chi connectivity index (χ1) is 10.7. The van der Waals surface area contributed by atoms with Gasteiger partial charge in [0.05, 0.1) is 17.6 Å². The van der Waals surface area contributed by atoms with Gasteiger partial charge in [-0.25, -0.2) is 14.8 Å². The molecule has 0 saturated heterocycles. The van der Waals surface area contributed by atoms with E-state index in [0.717, 1.165) is 16.6 Å². The Morgan fingerprint density at radius 1 is 1.27 bits per heavy atom. The van der Waals surface area contributed by atoms with Crippen LogP contribution >= 0.6 is 11.6 Å². The van der Waals surface area contributed by atoms with E-state index in [0.29, 0.717) is 17.6 Å². The Morgan fingerprint density at radius 3 is 2.82 bits per heavy atom. The Balaban J connectivity index is 2.03. The number of benzene rings is 1. The summed E-state index contributed by atoms with van der Waals surface area (Å²) in [5.74, 6) is 0.482. The molecule has 0 aliphatic heterocycles. The lowest BCUT2D eigenvalue weighted by Gasteiger charge is -2.10. The third-order valence-corrected chi connectivity index (χ3v) is 3.46. The van der Waals surface area contributed by atoms with Gasteiger partial charge in [-0.3, -0.25) is 5.32 Å². The molecule has 0 unspecified atom stereocenters. The number of rotatable bonds is 3. The summed E-state index contributed by atoms with van der Waals surface area (Å²) in [6.45, 7) is 0.532. The largest absolute Gasteiger partial charge is 0.341 e. The molecular weight excluding hydrogens is 302 g/mol. The number of aromatic nitrogens is 3. The van der Waals surface area contributed by atoms with Gasteiger partial charge in [-0.15, -0.1) is 0 Å². The van der Waals surface area contributed by atoms with Crippen molar-refractivity contribution in [1.82, 2.24) is 19.9 Å². The van der Waals surface area contributed by atoms with Crippen LogP contribution in [0.3, 0.4) is 0 Å². The maximum Gasteiger partial charge on any atom is 0.321 e. The summed E-state index contributed by atoms with van der Waals surface area (Å²) in [6, 6.07) is 11.0. The van der Waals surface area contributed by atoms with Crippen molar-refractivity contribution in [2.45, 2.75) is 6.54 Å². The molecule has 0 radical (unpaired) electrons. The van der Waals surface area contributed by atoms with Gasteiger partial charge in [0.15, 0.2) is 0 Å². The van der Waals surface area contributed by atoms with E-state index in [1.54, 1.807) is 19.3 Å². The molecule has 7 heteroatoms. The second-order valence-electron chi connectivity index (χ2n) is 4.70. The summed E-state index contributed by atoms with van der Waals surface area (Å²) < 4.78 is 1.93. The highest BCUT2D eigenvalue weighted by Gasteiger charge is 2.12. The third kappa shape index (κ3) is 2.87. The third-order valence-electron chi connectivity index (χ3n) is 3.24. The topological polar surface area (TPSA) is 71.8 Å². The van der Waals surface area contributed by atoms with Gasteiger partial charge < -0.3 is 9.88 Å². The number of para-hydroxylation sites is 2. The Labute approximate surface area is 132 Å². The molecular formula is C15H14ClN5O. The molecule has 6 nitrogen and oxygen atoms in total. The van der Waals surface area contributed by atoms with Gasteiger partial charge >= 0.3 is 6.03 Å². The molecule has 3 rings (SSSR count). The van der Waals surface area contributed by atoms with Crippen molar-refractivity contribution in [1.29, 1.82) is 0 Å². The van der Waals surface area contributed by atoms with Gasteiger partial charge in [0.1, 0.15) is 5.15 Å². The van der Waals surface area contributed by atoms with Crippen molar-refractivity contribution in [3.63, 3.8) is 0 Å². The van der Waals surface area contributed by atoms with Crippen LogP contribution in [0.4, 0.5) is 10.7 Å². The number of carbonyl (C=O) groups excluding carboxylic acids is 1. The minimum Gasteiger partial charge on any atom is -0.341 e. The van der Waals surface area contributed by atoms with Gasteiger partial charge in [0, 0.05) is 13.2 Å². The van der Waals surface area contributed by atoms with Crippen LogP contribution in [0, 0.1) is 0 Å². The molecule has 2 heterocycles. The van der Waals surface area contributed by atoms with Crippen LogP contribution in [-0.4, -0.2) is 27.6 Å². The predicted molar refractivity (Wildman–Crippen MR) is 86.2 cm³/mol. The summed E-state index contributed by atoms with van der Waals surface area (Å²) in [4.78, 5) is 20.1. The molecule has 3 aromatic rings. The van der Waals surface area contributed by atoms with E-state index >= 15 is 0 Å². The maximum absolute atomic E-state index is 11.6. The van der Waals surface area contributed by atoms with Crippen LogP contribution in [0.1, 0.15) is 5.56 Å². The molecule has 2 amide bonds. The average molecular weight is 316 g/mol. The molecule has 112 valence electrons. The minimum atomic E-state index is -0.314. The molecule has 0 saturated carbocycles. The average Bonchev–Trinajstić information content (AvgIpc) is 2.87. The summed E-state index contributed by atoms with van der Waals surface area (Å²) in [5, 5.41) is 5.71. The minimum absolute atomic E-state index is 0.314. The zero-order chi connectivity index (χ0) is 15.5. The lowest BCUT2D eigenvalue weighted by molar-refractivity contribution is 0.253. The number of hydrogen-bond acceptors (Lipinski definition) is 3. The molecule has 0 atom stereocenters. The first-order valence-electron chi connectivity index (χ1n) is 6.72. The second-order valence-corrected chi connectivity index (χ2v) is 5.09. The lowest BCUT2D eigenvalue weighted by Crippen LogP contribution is -2.26. The molecule has 0 bridgehead atoms. The number of amides is 2. The number of hydrogen-bond donors (Lipinski definition) is 2. The van der Waals surface area contributed by atoms with E-state index in [2.05, 4.69) is 20.6 Å². The number of nitrogens with zero attached hydrogens (tertiary/aromatic N) is 3. The molecule has 2 aromatic heterocycles. The monoisotopic (exact) mass is 315 g/mol. The molecule has 0 aliphatic rings. The fraction of sp³-hybridized carbons (Fsp3) is 0.133. The highest BCUT2D eigenvalue weighted by Crippen LogP contribution is 2.21. The van der Waals surface area contributed by atoms with Gasteiger partial charge in [0.2, 0.25) is 5.95 Å². The molecule has 2 N–H and O–H groups in total. The molecule has 1 aromatic carbocycles. The number of urea groups is 1. The van der Waals surface area contributed by atoms with Crippen LogP contribution < -0.4 is 10.6 Å². The first-order valence-corrected chi connectivity index (χ1v) is 7.09. The van der Waals surface area contributed by atoms with Crippen molar-refractivity contribution in [3.05, 3.63) is 53.3 Å². The molecule has 0 spiro atoms. The number of anilines is 1. The Kier molecular flexibility index (Phi) is 3.93. The van der Waals surface area contributed by atoms with Gasteiger partial charge in [-0.1, -0.05) is 29.8 Å². The van der Waals surface area contributed by atoms with Gasteiger partial charge in [-0.05, 0) is 23.8 Å². The first kappa shape index (κ1) is 14.3. The summed E-state index contributed by atoms with van der Waals surface area (Å²) in [5.41, 5.74) is 2.71. The number of halogens is 1. The standard InChI is InChI=1S/C15H14ClN5O/c1-17-15(22)20-14-19-11-4-2-3-5-12(11)21(14)9-10-6-7-13(16)18-8-10/h2-8H,9H2,1H3,(H2,17,19,20,22). The summed E-state index contributed by atoms with van der Waals surface area (Å²) >= 11 is 5.81. The quantitative estimate of drug-likeness (QED) is 0.730. The van der Waals surface area contributed by atoms with E-state index in [1.807, 2.05) is 34.9 Å². The van der Waals surface area contributed by atoms with Crippen LogP contribution in [0.25, 0.3) is 11.0 Å². The van der Waals surface area contributed by atoms with Crippen molar-refractivity contribution < 1.29 is 4.79 Å². The van der Waals surface area contributed by atoms with Gasteiger partial charge in [0.25, 0.3) is 0 Å². The number of carbonyl (C=O) groups is 1. The number of nitrogens with one attached hydrogen (secondary N) is 2. The van der Waals surface area contributed by atoms with Crippen molar-refractivity contribution in [2.24, 2.45) is 0 Å². The number of imidazole rings is 1. The van der Waals surface area contributed by atoms with E-state index in [9.17, 15) is 4.79 Å². The van der Waals surface area contributed by atoms with Gasteiger partial charge in [-0.2, -0.15) is 0 Å². The van der Waals surface area contributed by atoms with Crippen molar-refractivity contribution in [3.8, 4) is 0 Å². The summed E-state index contributed by atoms with van der Waals surface area (Å²) in [7, 11) is 1.56. The van der Waals surface area contributed by atoms with E-state index in [4.69, 9.17) is 11.6 Å². The predicted octanol–water partition coefficient (Wildman–Crippen LogP) is 2.88. The zero-order valence-electron chi connectivity index (χ0n) is 11.9. The Bertz CT molecular complexity index is 812. The maximum atomic E-state index is 11.6. The Morgan fingerprint density at radius 2 is 2.09 bits per heavy atom. The Hall–Kier alpha value is -2.60. The smallest absolute Gasteiger partial charge is 0.321 e. The lowest BCUT2D eigenvalue weighted by atomic mass is 10.2. The van der Waals surface area contributed by atoms with E-state index in [1.165, 1.54) is 0 Å². The van der Waals surface area contributed by atoms with Crippen molar-refractivity contribution in [2.75, 3.05) is 12.4 Å². The second kappa shape index (κ2) is 6.03. The molecule has 0 fully saturated rings. The number of pyridine rings is 1. The van der Waals surface area contributed by atoms with E-state index < -0.39 is 0 Å². The fourth-order valence-electron chi connectivity index (χ4n) is 2.18. The van der Waals surface area contributed by atoms with Crippen LogP contribution in [0.15, 0.2) is 42.6 Å². The normalized spacial score (nSPS) is 10.6. The van der Waals surface area contributed by atoms with Crippen LogP contribution in [-0.2, 0) is 6.54 Å². The van der Waals surface area contributed by atoms with Crippen molar-refractivity contribution >= 4 is 34.6 Å². The van der Waals surface area contributed by atoms with Crippen LogP contribution in [0.2, 0.25) is 5.15 Å². The molecule has 22 heavy (non-hydrogen) atoms. The highest BCUT2D eigenvalue weighted by atomic mass is 35.5.